The van der Waals surface area contributed by atoms with Gasteiger partial charge in [-0.25, -0.2) is 8.78 Å². The van der Waals surface area contributed by atoms with Gasteiger partial charge in [-0.05, 0) is 36.9 Å². The van der Waals surface area contributed by atoms with E-state index in [0.717, 1.165) is 4.47 Å². The predicted octanol–water partition coefficient (Wildman–Crippen LogP) is 5.19. The molecule has 0 spiro atoms. The molecule has 2 aromatic rings. The third kappa shape index (κ3) is 3.27. The molecule has 0 bridgehead atoms. The molecule has 0 saturated heterocycles. The van der Waals surface area contributed by atoms with Gasteiger partial charge in [0, 0.05) is 20.1 Å². The topological polar surface area (TPSA) is 12.0 Å². The van der Waals surface area contributed by atoms with Gasteiger partial charge in [-0.1, -0.05) is 44.8 Å². The molecule has 1 nitrogen and oxygen atoms in total. The van der Waals surface area contributed by atoms with Crippen molar-refractivity contribution in [1.29, 1.82) is 0 Å². The highest BCUT2D eigenvalue weighted by molar-refractivity contribution is 9.10. The van der Waals surface area contributed by atoms with E-state index >= 15 is 0 Å². The minimum absolute atomic E-state index is 0.366. The van der Waals surface area contributed by atoms with Gasteiger partial charge in [-0.3, -0.25) is 0 Å². The van der Waals surface area contributed by atoms with E-state index < -0.39 is 6.04 Å². The third-order valence-electron chi connectivity index (χ3n) is 2.97. The van der Waals surface area contributed by atoms with Gasteiger partial charge in [0.25, 0.3) is 0 Å². The van der Waals surface area contributed by atoms with Crippen LogP contribution in [0.1, 0.15) is 24.1 Å². The fraction of sp³-hybridized carbons (Fsp3) is 0.200. The highest BCUT2D eigenvalue weighted by Gasteiger charge is 2.22. The van der Waals surface area contributed by atoms with Crippen molar-refractivity contribution in [3.63, 3.8) is 0 Å². The Balaban J connectivity index is 2.59. The first-order chi connectivity index (χ1) is 9.54. The van der Waals surface area contributed by atoms with Crippen molar-refractivity contribution in [3.8, 4) is 0 Å². The van der Waals surface area contributed by atoms with E-state index in [0.29, 0.717) is 22.1 Å². The van der Waals surface area contributed by atoms with E-state index in [9.17, 15) is 8.78 Å². The minimum atomic E-state index is -0.548. The zero-order valence-electron chi connectivity index (χ0n) is 10.8. The van der Waals surface area contributed by atoms with Crippen LogP contribution in [0.25, 0.3) is 0 Å². The van der Waals surface area contributed by atoms with Crippen LogP contribution in [0.5, 0.6) is 0 Å². The summed E-state index contributed by atoms with van der Waals surface area (Å²) in [5, 5.41) is 3.13. The van der Waals surface area contributed by atoms with Gasteiger partial charge in [0.2, 0.25) is 0 Å². The Morgan fingerprint density at radius 2 is 1.85 bits per heavy atom. The summed E-state index contributed by atoms with van der Waals surface area (Å²) in [5.74, 6) is -0.737. The van der Waals surface area contributed by atoms with E-state index in [-0.39, 0.29) is 11.6 Å². The third-order valence-corrected chi connectivity index (χ3v) is 4.15. The van der Waals surface area contributed by atoms with Crippen molar-refractivity contribution in [2.75, 3.05) is 6.54 Å². The van der Waals surface area contributed by atoms with Crippen molar-refractivity contribution in [3.05, 3.63) is 68.1 Å². The molecule has 20 heavy (non-hydrogen) atoms. The fourth-order valence-electron chi connectivity index (χ4n) is 2.09. The summed E-state index contributed by atoms with van der Waals surface area (Å²) in [6.07, 6.45) is 0. The first kappa shape index (κ1) is 15.6. The van der Waals surface area contributed by atoms with Gasteiger partial charge in [-0.2, -0.15) is 0 Å². The highest BCUT2D eigenvalue weighted by Crippen LogP contribution is 2.33. The molecule has 1 atom stereocenters. The van der Waals surface area contributed by atoms with Crippen molar-refractivity contribution < 1.29 is 8.78 Å². The lowest BCUT2D eigenvalue weighted by atomic mass is 9.97. The number of nitrogens with one attached hydrogen (secondary N) is 1. The summed E-state index contributed by atoms with van der Waals surface area (Å²) < 4.78 is 29.6. The molecule has 106 valence electrons. The molecule has 1 unspecified atom stereocenters. The molecular formula is C15H13Br2F2N. The van der Waals surface area contributed by atoms with Crippen molar-refractivity contribution in [2.24, 2.45) is 0 Å². The van der Waals surface area contributed by atoms with Crippen molar-refractivity contribution in [2.45, 2.75) is 13.0 Å². The summed E-state index contributed by atoms with van der Waals surface area (Å²) >= 11 is 6.67. The summed E-state index contributed by atoms with van der Waals surface area (Å²) in [6.45, 7) is 2.50. The monoisotopic (exact) mass is 403 g/mol. The summed E-state index contributed by atoms with van der Waals surface area (Å²) in [7, 11) is 0. The summed E-state index contributed by atoms with van der Waals surface area (Å²) in [5.41, 5.74) is 0.818. The molecule has 0 saturated carbocycles. The molecule has 0 fully saturated rings. The number of benzene rings is 2. The lowest BCUT2D eigenvalue weighted by Gasteiger charge is -2.21. The zero-order chi connectivity index (χ0) is 14.7. The Bertz CT molecular complexity index is 597. The van der Waals surface area contributed by atoms with Gasteiger partial charge in [0.1, 0.15) is 11.6 Å². The first-order valence-electron chi connectivity index (χ1n) is 6.16. The fourth-order valence-corrected chi connectivity index (χ4v) is 3.04. The second kappa shape index (κ2) is 6.78. The lowest BCUT2D eigenvalue weighted by molar-refractivity contribution is 0.528. The van der Waals surface area contributed by atoms with Crippen LogP contribution < -0.4 is 5.32 Å². The van der Waals surface area contributed by atoms with Crippen molar-refractivity contribution >= 4 is 31.9 Å². The molecule has 0 amide bonds. The van der Waals surface area contributed by atoms with Crippen LogP contribution in [0, 0.1) is 11.6 Å². The van der Waals surface area contributed by atoms with Crippen LogP contribution in [-0.2, 0) is 0 Å². The summed E-state index contributed by atoms with van der Waals surface area (Å²) in [4.78, 5) is 0. The van der Waals surface area contributed by atoms with Crippen molar-refractivity contribution in [1.82, 2.24) is 5.32 Å². The first-order valence-corrected chi connectivity index (χ1v) is 7.75. The van der Waals surface area contributed by atoms with E-state index in [2.05, 4.69) is 37.2 Å². The molecule has 5 heteroatoms. The van der Waals surface area contributed by atoms with Crippen LogP contribution in [0.2, 0.25) is 0 Å². The maximum Gasteiger partial charge on any atom is 0.129 e. The zero-order valence-corrected chi connectivity index (χ0v) is 13.9. The molecule has 0 aliphatic carbocycles. The second-order valence-electron chi connectivity index (χ2n) is 4.29. The van der Waals surface area contributed by atoms with E-state index in [4.69, 9.17) is 0 Å². The molecule has 0 aliphatic heterocycles. The number of hydrogen-bond donors (Lipinski definition) is 1. The Labute approximate surface area is 133 Å². The quantitative estimate of drug-likeness (QED) is 0.739. The van der Waals surface area contributed by atoms with Gasteiger partial charge in [-0.15, -0.1) is 0 Å². The Morgan fingerprint density at radius 3 is 2.50 bits per heavy atom. The Morgan fingerprint density at radius 1 is 1.10 bits per heavy atom. The van der Waals surface area contributed by atoms with Gasteiger partial charge >= 0.3 is 0 Å². The Kier molecular flexibility index (Phi) is 5.29. The van der Waals surface area contributed by atoms with Gasteiger partial charge in [0.15, 0.2) is 0 Å². The maximum absolute atomic E-state index is 14.1. The van der Waals surface area contributed by atoms with E-state index in [1.807, 2.05) is 6.92 Å². The molecule has 0 aliphatic rings. The van der Waals surface area contributed by atoms with Crippen LogP contribution in [0.4, 0.5) is 8.78 Å². The number of rotatable bonds is 4. The number of hydrogen-bond acceptors (Lipinski definition) is 1. The molecule has 2 aromatic carbocycles. The van der Waals surface area contributed by atoms with Gasteiger partial charge < -0.3 is 5.32 Å². The maximum atomic E-state index is 14.1. The normalized spacial score (nSPS) is 12.4. The van der Waals surface area contributed by atoms with Gasteiger partial charge in [0.05, 0.1) is 6.04 Å². The molecule has 0 aromatic heterocycles. The molecular weight excluding hydrogens is 392 g/mol. The minimum Gasteiger partial charge on any atom is -0.306 e. The lowest BCUT2D eigenvalue weighted by Crippen LogP contribution is -2.24. The molecule has 1 N–H and O–H groups in total. The highest BCUT2D eigenvalue weighted by atomic mass is 79.9. The standard InChI is InChI=1S/C15H13Br2F2N/c1-2-20-15(10-8-9(16)6-7-12(10)18)14-11(17)4-3-5-13(14)19/h3-8,15,20H,2H2,1H3. The SMILES string of the molecule is CCNC(c1cc(Br)ccc1F)c1c(F)cccc1Br. The molecule has 2 rings (SSSR count). The van der Waals surface area contributed by atoms with E-state index in [1.54, 1.807) is 24.3 Å². The largest absolute Gasteiger partial charge is 0.306 e. The second-order valence-corrected chi connectivity index (χ2v) is 6.06. The van der Waals surface area contributed by atoms with E-state index in [1.165, 1.54) is 12.1 Å². The average Bonchev–Trinajstić information content (AvgIpc) is 2.40. The average molecular weight is 405 g/mol. The van der Waals surface area contributed by atoms with Crippen LogP contribution in [-0.4, -0.2) is 6.54 Å². The summed E-state index contributed by atoms with van der Waals surface area (Å²) in [6, 6.07) is 8.86. The van der Waals surface area contributed by atoms with Crippen LogP contribution >= 0.6 is 31.9 Å². The number of halogens is 4. The Hall–Kier alpha value is -0.780. The molecule has 0 radical (unpaired) electrons. The van der Waals surface area contributed by atoms with Crippen LogP contribution in [0.15, 0.2) is 45.3 Å². The smallest absolute Gasteiger partial charge is 0.129 e. The molecule has 0 heterocycles. The van der Waals surface area contributed by atoms with Crippen LogP contribution in [0.3, 0.4) is 0 Å². The predicted molar refractivity (Wildman–Crippen MR) is 83.7 cm³/mol.